The Labute approximate surface area is 105 Å². The lowest BCUT2D eigenvalue weighted by molar-refractivity contribution is 0.281. The van der Waals surface area contributed by atoms with Gasteiger partial charge in [0.15, 0.2) is 0 Å². The number of benzene rings is 2. The summed E-state index contributed by atoms with van der Waals surface area (Å²) in [5.74, 6) is 1.09. The van der Waals surface area contributed by atoms with Gasteiger partial charge in [0.1, 0.15) is 11.5 Å². The maximum atomic E-state index is 9.03. The van der Waals surface area contributed by atoms with E-state index >= 15 is 0 Å². The van der Waals surface area contributed by atoms with Crippen LogP contribution in [-0.4, -0.2) is 5.11 Å². The van der Waals surface area contributed by atoms with Gasteiger partial charge in [0.25, 0.3) is 0 Å². The number of ether oxygens (including phenoxy) is 1. The summed E-state index contributed by atoms with van der Waals surface area (Å²) in [6.07, 6.45) is 0. The fraction of sp³-hybridized carbons (Fsp3) is 0.0714. The SMILES string of the molecule is N#Cc1ccc(Oc2cccc(CO)c2)c(N)c1. The monoisotopic (exact) mass is 240 g/mol. The van der Waals surface area contributed by atoms with Crippen LogP contribution < -0.4 is 10.5 Å². The van der Waals surface area contributed by atoms with Gasteiger partial charge in [0.2, 0.25) is 0 Å². The molecule has 0 spiro atoms. The third-order valence-electron chi connectivity index (χ3n) is 2.45. The van der Waals surface area contributed by atoms with Gasteiger partial charge in [-0.1, -0.05) is 12.1 Å². The predicted octanol–water partition coefficient (Wildman–Crippen LogP) is 2.43. The quantitative estimate of drug-likeness (QED) is 0.807. The molecule has 0 radical (unpaired) electrons. The van der Waals surface area contributed by atoms with Crippen LogP contribution in [0.15, 0.2) is 42.5 Å². The van der Waals surface area contributed by atoms with Gasteiger partial charge in [0.05, 0.1) is 23.9 Å². The molecule has 0 aliphatic heterocycles. The first kappa shape index (κ1) is 12.0. The molecule has 0 bridgehead atoms. The van der Waals surface area contributed by atoms with Gasteiger partial charge in [-0.25, -0.2) is 0 Å². The normalized spacial score (nSPS) is 9.78. The lowest BCUT2D eigenvalue weighted by atomic mass is 10.2. The van der Waals surface area contributed by atoms with Crippen molar-refractivity contribution in [3.63, 3.8) is 0 Å². The summed E-state index contributed by atoms with van der Waals surface area (Å²) in [6.45, 7) is -0.0416. The lowest BCUT2D eigenvalue weighted by Gasteiger charge is -2.09. The maximum absolute atomic E-state index is 9.03. The summed E-state index contributed by atoms with van der Waals surface area (Å²) in [6, 6.07) is 14.0. The molecule has 2 aromatic carbocycles. The molecule has 0 atom stereocenters. The molecule has 90 valence electrons. The zero-order valence-electron chi connectivity index (χ0n) is 9.63. The molecule has 0 aliphatic rings. The minimum absolute atomic E-state index is 0.0416. The molecule has 3 N–H and O–H groups in total. The molecule has 0 heterocycles. The molecule has 0 aromatic heterocycles. The van der Waals surface area contributed by atoms with Crippen molar-refractivity contribution in [1.82, 2.24) is 0 Å². The van der Waals surface area contributed by atoms with E-state index in [1.165, 1.54) is 0 Å². The Morgan fingerprint density at radius 1 is 1.22 bits per heavy atom. The number of hydrogen-bond donors (Lipinski definition) is 2. The highest BCUT2D eigenvalue weighted by Gasteiger charge is 2.04. The van der Waals surface area contributed by atoms with Crippen molar-refractivity contribution in [3.8, 4) is 17.6 Å². The van der Waals surface area contributed by atoms with Crippen molar-refractivity contribution in [2.45, 2.75) is 6.61 Å². The number of aliphatic hydroxyl groups is 1. The molecule has 0 saturated carbocycles. The second kappa shape index (κ2) is 5.21. The largest absolute Gasteiger partial charge is 0.455 e. The van der Waals surface area contributed by atoms with Gasteiger partial charge in [-0.2, -0.15) is 5.26 Å². The smallest absolute Gasteiger partial charge is 0.150 e. The van der Waals surface area contributed by atoms with Crippen LogP contribution in [0.5, 0.6) is 11.5 Å². The first-order valence-electron chi connectivity index (χ1n) is 5.40. The van der Waals surface area contributed by atoms with Gasteiger partial charge in [0, 0.05) is 0 Å². The predicted molar refractivity (Wildman–Crippen MR) is 68.0 cm³/mol. The van der Waals surface area contributed by atoms with Gasteiger partial charge < -0.3 is 15.6 Å². The number of nitrogens with two attached hydrogens (primary N) is 1. The molecular weight excluding hydrogens is 228 g/mol. The van der Waals surface area contributed by atoms with E-state index in [0.717, 1.165) is 5.56 Å². The van der Waals surface area contributed by atoms with E-state index in [4.69, 9.17) is 20.8 Å². The van der Waals surface area contributed by atoms with E-state index in [0.29, 0.717) is 22.7 Å². The van der Waals surface area contributed by atoms with E-state index in [1.54, 1.807) is 42.5 Å². The third kappa shape index (κ3) is 2.59. The number of nitriles is 1. The topological polar surface area (TPSA) is 79.3 Å². The number of anilines is 1. The van der Waals surface area contributed by atoms with Crippen LogP contribution in [0.2, 0.25) is 0 Å². The van der Waals surface area contributed by atoms with Gasteiger partial charge in [-0.15, -0.1) is 0 Å². The summed E-state index contributed by atoms with van der Waals surface area (Å²) in [5, 5.41) is 17.8. The summed E-state index contributed by atoms with van der Waals surface area (Å²) >= 11 is 0. The molecule has 0 unspecified atom stereocenters. The fourth-order valence-electron chi connectivity index (χ4n) is 1.55. The maximum Gasteiger partial charge on any atom is 0.150 e. The Kier molecular flexibility index (Phi) is 3.46. The number of hydrogen-bond acceptors (Lipinski definition) is 4. The minimum atomic E-state index is -0.0416. The molecular formula is C14H12N2O2. The number of aliphatic hydroxyl groups excluding tert-OH is 1. The molecule has 0 aliphatic carbocycles. The number of nitrogen functional groups attached to an aromatic ring is 1. The van der Waals surface area contributed by atoms with Gasteiger partial charge in [-0.05, 0) is 35.9 Å². The molecule has 2 aromatic rings. The molecule has 18 heavy (non-hydrogen) atoms. The second-order valence-electron chi connectivity index (χ2n) is 3.77. The first-order valence-corrected chi connectivity index (χ1v) is 5.40. The summed E-state index contributed by atoms with van der Waals surface area (Å²) < 4.78 is 5.61. The highest BCUT2D eigenvalue weighted by atomic mass is 16.5. The summed E-state index contributed by atoms with van der Waals surface area (Å²) in [5.41, 5.74) is 7.45. The number of rotatable bonds is 3. The first-order chi connectivity index (χ1) is 8.72. The molecule has 2 rings (SSSR count). The Bertz CT molecular complexity index is 603. The van der Waals surface area contributed by atoms with Gasteiger partial charge in [-0.3, -0.25) is 0 Å². The standard InChI is InChI=1S/C14H12N2O2/c15-8-10-4-5-14(13(16)7-10)18-12-3-1-2-11(6-12)9-17/h1-7,17H,9,16H2. The third-order valence-corrected chi connectivity index (χ3v) is 2.45. The van der Waals surface area contributed by atoms with E-state index in [-0.39, 0.29) is 6.61 Å². The van der Waals surface area contributed by atoms with Crippen molar-refractivity contribution in [1.29, 1.82) is 5.26 Å². The van der Waals surface area contributed by atoms with E-state index in [1.807, 2.05) is 6.07 Å². The second-order valence-corrected chi connectivity index (χ2v) is 3.77. The zero-order chi connectivity index (χ0) is 13.0. The highest BCUT2D eigenvalue weighted by Crippen LogP contribution is 2.28. The molecule has 0 saturated heterocycles. The van der Waals surface area contributed by atoms with Crippen LogP contribution in [-0.2, 0) is 6.61 Å². The summed E-state index contributed by atoms with van der Waals surface area (Å²) in [4.78, 5) is 0. The average molecular weight is 240 g/mol. The summed E-state index contributed by atoms with van der Waals surface area (Å²) in [7, 11) is 0. The van der Waals surface area contributed by atoms with Gasteiger partial charge >= 0.3 is 0 Å². The highest BCUT2D eigenvalue weighted by molar-refractivity contribution is 5.57. The molecule has 0 amide bonds. The van der Waals surface area contributed by atoms with E-state index in [9.17, 15) is 0 Å². The molecule has 4 heteroatoms. The van der Waals surface area contributed by atoms with Crippen molar-refractivity contribution >= 4 is 5.69 Å². The lowest BCUT2D eigenvalue weighted by Crippen LogP contribution is -1.93. The number of nitrogens with zero attached hydrogens (tertiary/aromatic N) is 1. The van der Waals surface area contributed by atoms with Crippen molar-refractivity contribution in [2.24, 2.45) is 0 Å². The van der Waals surface area contributed by atoms with Crippen molar-refractivity contribution in [2.75, 3.05) is 5.73 Å². The van der Waals surface area contributed by atoms with Crippen LogP contribution in [0, 0.1) is 11.3 Å². The Balaban J connectivity index is 2.26. The van der Waals surface area contributed by atoms with E-state index < -0.39 is 0 Å². The van der Waals surface area contributed by atoms with Crippen LogP contribution >= 0.6 is 0 Å². The van der Waals surface area contributed by atoms with Crippen LogP contribution in [0.4, 0.5) is 5.69 Å². The zero-order valence-corrected chi connectivity index (χ0v) is 9.63. The Morgan fingerprint density at radius 2 is 2.06 bits per heavy atom. The van der Waals surface area contributed by atoms with Crippen LogP contribution in [0.25, 0.3) is 0 Å². The molecule has 0 fully saturated rings. The van der Waals surface area contributed by atoms with Crippen LogP contribution in [0.1, 0.15) is 11.1 Å². The van der Waals surface area contributed by atoms with E-state index in [2.05, 4.69) is 0 Å². The Hall–Kier alpha value is -2.51. The minimum Gasteiger partial charge on any atom is -0.455 e. The van der Waals surface area contributed by atoms with Crippen LogP contribution in [0.3, 0.4) is 0 Å². The molecule has 4 nitrogen and oxygen atoms in total. The van der Waals surface area contributed by atoms with Crippen molar-refractivity contribution in [3.05, 3.63) is 53.6 Å². The fourth-order valence-corrected chi connectivity index (χ4v) is 1.55. The average Bonchev–Trinajstić information content (AvgIpc) is 2.41. The Morgan fingerprint density at radius 3 is 2.72 bits per heavy atom. The van der Waals surface area contributed by atoms with Crippen molar-refractivity contribution < 1.29 is 9.84 Å².